The number of hydrogen-bond acceptors (Lipinski definition) is 4. The van der Waals surface area contributed by atoms with Crippen LogP contribution in [0.4, 0.5) is 0 Å². The van der Waals surface area contributed by atoms with Gasteiger partial charge in [0, 0.05) is 7.11 Å². The third kappa shape index (κ3) is 4.93. The van der Waals surface area contributed by atoms with E-state index in [4.69, 9.17) is 16.3 Å². The average molecular weight is 224 g/mol. The van der Waals surface area contributed by atoms with Crippen molar-refractivity contribution in [2.24, 2.45) is 4.99 Å². The normalized spacial score (nSPS) is 15.8. The Morgan fingerprint density at radius 1 is 1.83 bits per heavy atom. The highest BCUT2D eigenvalue weighted by atomic mass is 32.9. The maximum atomic E-state index is 5.18. The largest absolute Gasteiger partial charge is 0.330 e. The summed E-state index contributed by atoms with van der Waals surface area (Å²) in [5, 5.41) is 2.96. The monoisotopic (exact) mass is 224 g/mol. The van der Waals surface area contributed by atoms with Crippen molar-refractivity contribution in [1.29, 1.82) is 0 Å². The van der Waals surface area contributed by atoms with Crippen LogP contribution in [0.25, 0.3) is 0 Å². The quantitative estimate of drug-likeness (QED) is 0.324. The smallest absolute Gasteiger partial charge is 0.210 e. The first kappa shape index (κ1) is 12.2. The fourth-order valence-corrected chi connectivity index (χ4v) is 2.05. The lowest BCUT2D eigenvalue weighted by Gasteiger charge is -2.15. The first-order chi connectivity index (χ1) is 5.68. The van der Waals surface area contributed by atoms with Gasteiger partial charge in [0.15, 0.2) is 0 Å². The molecule has 0 rings (SSSR count). The molecular weight excluding hydrogens is 211 g/mol. The first-order valence-corrected chi connectivity index (χ1v) is 7.82. The number of hydrogen-bond donors (Lipinski definition) is 1. The molecule has 0 bridgehead atoms. The van der Waals surface area contributed by atoms with Crippen molar-refractivity contribution in [2.45, 2.75) is 0 Å². The minimum absolute atomic E-state index is 0.598. The van der Waals surface area contributed by atoms with Gasteiger partial charge in [0.1, 0.15) is 0 Å². The molecule has 0 aromatic carbocycles. The summed E-state index contributed by atoms with van der Waals surface area (Å²) in [6.45, 7) is 4.14. The Balaban J connectivity index is 3.88. The molecule has 0 aliphatic carbocycles. The second kappa shape index (κ2) is 6.66. The molecule has 0 radical (unpaired) electrons. The van der Waals surface area contributed by atoms with Gasteiger partial charge in [-0.15, -0.1) is 6.58 Å². The van der Waals surface area contributed by atoms with Crippen LogP contribution in [-0.2, 0) is 16.3 Å². The van der Waals surface area contributed by atoms with Gasteiger partial charge in [0.25, 0.3) is 0 Å². The molecule has 0 aliphatic rings. The van der Waals surface area contributed by atoms with E-state index in [1.165, 1.54) is 11.4 Å². The Kier molecular flexibility index (Phi) is 6.76. The molecule has 0 spiro atoms. The number of nitrogens with one attached hydrogen (secondary N) is 1. The fraction of sp³-hybridized carbons (Fsp3) is 0.500. The van der Waals surface area contributed by atoms with E-state index in [0.717, 1.165) is 0 Å². The summed E-state index contributed by atoms with van der Waals surface area (Å²) < 4.78 is 5.13. The lowest BCUT2D eigenvalue weighted by Crippen LogP contribution is -2.06. The van der Waals surface area contributed by atoms with Crippen molar-refractivity contribution in [3.63, 3.8) is 0 Å². The van der Waals surface area contributed by atoms with E-state index in [1.54, 1.807) is 19.5 Å². The van der Waals surface area contributed by atoms with E-state index in [2.05, 4.69) is 16.7 Å². The van der Waals surface area contributed by atoms with Crippen LogP contribution in [0.1, 0.15) is 0 Å². The van der Waals surface area contributed by atoms with Crippen LogP contribution in [-0.4, -0.2) is 26.2 Å². The van der Waals surface area contributed by atoms with Crippen molar-refractivity contribution in [2.75, 3.05) is 19.9 Å². The topological polar surface area (TPSA) is 33.6 Å². The lowest BCUT2D eigenvalue weighted by atomic mass is 10.7. The predicted molar refractivity (Wildman–Crippen MR) is 61.5 cm³/mol. The molecule has 0 aromatic rings. The van der Waals surface area contributed by atoms with Crippen LogP contribution in [0.2, 0.25) is 0 Å². The molecule has 0 saturated heterocycles. The highest BCUT2D eigenvalue weighted by molar-refractivity contribution is 8.68. The first-order valence-electron chi connectivity index (χ1n) is 3.27. The van der Waals surface area contributed by atoms with Crippen LogP contribution in [0.3, 0.4) is 0 Å². The molecule has 6 heteroatoms. The van der Waals surface area contributed by atoms with Gasteiger partial charge in [0.2, 0.25) is 5.62 Å². The van der Waals surface area contributed by atoms with Gasteiger partial charge < -0.3 is 9.61 Å². The zero-order valence-corrected chi connectivity index (χ0v) is 9.72. The Labute approximate surface area is 82.6 Å². The van der Waals surface area contributed by atoms with Crippen LogP contribution >= 0.6 is 17.0 Å². The molecule has 0 aliphatic heterocycles. The number of rotatable bonds is 6. The molecule has 1 N–H and O–H groups in total. The molecular formula is C6H13N2OPS2. The van der Waals surface area contributed by atoms with Crippen molar-refractivity contribution in [3.8, 4) is 0 Å². The van der Waals surface area contributed by atoms with Crippen LogP contribution < -0.4 is 5.09 Å². The van der Waals surface area contributed by atoms with Gasteiger partial charge in [0.05, 0.1) is 12.9 Å². The van der Waals surface area contributed by atoms with Crippen molar-refractivity contribution >= 4 is 35.1 Å². The summed E-state index contributed by atoms with van der Waals surface area (Å²) in [6, 6.07) is 0. The van der Waals surface area contributed by atoms with E-state index >= 15 is 0 Å². The van der Waals surface area contributed by atoms with E-state index in [-0.39, 0.29) is 0 Å². The summed E-state index contributed by atoms with van der Waals surface area (Å²) in [6.07, 6.45) is 5.22. The average Bonchev–Trinajstić information content (AvgIpc) is 2.12. The summed E-state index contributed by atoms with van der Waals surface area (Å²) in [7, 11) is 1.60. The molecule has 1 atom stereocenters. The molecule has 3 nitrogen and oxygen atoms in total. The molecule has 0 fully saturated rings. The molecule has 1 unspecified atom stereocenters. The molecule has 0 amide bonds. The molecule has 12 heavy (non-hydrogen) atoms. The SMILES string of the molecule is C=CC/N=C/NP(=S)(OC)SC. The second-order valence-corrected chi connectivity index (χ2v) is 8.63. The van der Waals surface area contributed by atoms with Crippen LogP contribution in [0.5, 0.6) is 0 Å². The fourth-order valence-electron chi connectivity index (χ4n) is 0.419. The molecule has 0 aromatic heterocycles. The Morgan fingerprint density at radius 2 is 2.50 bits per heavy atom. The van der Waals surface area contributed by atoms with Gasteiger partial charge in [-0.2, -0.15) is 0 Å². The van der Waals surface area contributed by atoms with Crippen LogP contribution in [0.15, 0.2) is 17.6 Å². The van der Waals surface area contributed by atoms with Gasteiger partial charge in [-0.1, -0.05) is 17.5 Å². The Bertz CT molecular complexity index is 200. The van der Waals surface area contributed by atoms with E-state index in [1.807, 2.05) is 6.26 Å². The summed E-state index contributed by atoms with van der Waals surface area (Å²) >= 11 is 6.68. The molecule has 0 saturated carbocycles. The lowest BCUT2D eigenvalue weighted by molar-refractivity contribution is 0.468. The zero-order chi connectivity index (χ0) is 9.45. The van der Waals surface area contributed by atoms with Gasteiger partial charge in [-0.25, -0.2) is 0 Å². The Morgan fingerprint density at radius 3 is 2.92 bits per heavy atom. The highest BCUT2D eigenvalue weighted by Gasteiger charge is 2.10. The maximum Gasteiger partial charge on any atom is 0.210 e. The van der Waals surface area contributed by atoms with E-state index in [0.29, 0.717) is 6.54 Å². The standard InChI is InChI=1S/C6H13N2OPS2/c1-4-5-7-6-8-10(11,9-2)12-3/h4,6H,1,5H2,2-3H3,(H,7,8,11). The van der Waals surface area contributed by atoms with E-state index < -0.39 is 5.62 Å². The molecule has 0 heterocycles. The zero-order valence-electron chi connectivity index (χ0n) is 7.19. The van der Waals surface area contributed by atoms with E-state index in [9.17, 15) is 0 Å². The van der Waals surface area contributed by atoms with Gasteiger partial charge in [-0.05, 0) is 18.1 Å². The number of aliphatic imine (C=N–C) groups is 1. The maximum absolute atomic E-state index is 5.18. The Hall–Kier alpha value is 0.170. The summed E-state index contributed by atoms with van der Waals surface area (Å²) in [5.74, 6) is 0. The van der Waals surface area contributed by atoms with Crippen LogP contribution in [0, 0.1) is 0 Å². The minimum atomic E-state index is -1.90. The van der Waals surface area contributed by atoms with Crippen molar-refractivity contribution in [1.82, 2.24) is 5.09 Å². The van der Waals surface area contributed by atoms with Gasteiger partial charge in [-0.3, -0.25) is 4.99 Å². The number of nitrogens with zero attached hydrogens (tertiary/aromatic N) is 1. The predicted octanol–water partition coefficient (Wildman–Crippen LogP) is 2.02. The third-order valence-electron chi connectivity index (χ3n) is 1.02. The highest BCUT2D eigenvalue weighted by Crippen LogP contribution is 2.53. The summed E-state index contributed by atoms with van der Waals surface area (Å²) in [5.41, 5.74) is -1.90. The third-order valence-corrected chi connectivity index (χ3v) is 6.73. The van der Waals surface area contributed by atoms with Crippen molar-refractivity contribution < 1.29 is 4.52 Å². The second-order valence-electron chi connectivity index (χ2n) is 1.77. The van der Waals surface area contributed by atoms with Crippen molar-refractivity contribution in [3.05, 3.63) is 12.7 Å². The minimum Gasteiger partial charge on any atom is -0.330 e. The molecule has 70 valence electrons. The summed E-state index contributed by atoms with van der Waals surface area (Å²) in [4.78, 5) is 3.98. The van der Waals surface area contributed by atoms with Gasteiger partial charge >= 0.3 is 0 Å².